The summed E-state index contributed by atoms with van der Waals surface area (Å²) in [4.78, 5) is 13.6. The van der Waals surface area contributed by atoms with E-state index in [4.69, 9.17) is 5.11 Å². The smallest absolute Gasteiger partial charge is 0.238 e. The quantitative estimate of drug-likeness (QED) is 0.779. The Kier molecular flexibility index (Phi) is 3.54. The lowest BCUT2D eigenvalue weighted by molar-refractivity contribution is -0.119. The van der Waals surface area contributed by atoms with Crippen LogP contribution in [-0.2, 0) is 4.79 Å². The number of amides is 1. The molecule has 0 saturated carbocycles. The highest BCUT2D eigenvalue weighted by Gasteiger charge is 2.27. The first kappa shape index (κ1) is 11.1. The van der Waals surface area contributed by atoms with Crippen molar-refractivity contribution in [1.29, 1.82) is 0 Å². The first-order valence-corrected chi connectivity index (χ1v) is 5.46. The summed E-state index contributed by atoms with van der Waals surface area (Å²) in [6.45, 7) is 2.26. The molecule has 0 bridgehead atoms. The summed E-state index contributed by atoms with van der Waals surface area (Å²) in [5.41, 5.74) is 0.826. The third-order valence-corrected chi connectivity index (χ3v) is 2.72. The number of aliphatic hydroxyl groups is 1. The van der Waals surface area contributed by atoms with Crippen LogP contribution in [0.4, 0.5) is 5.69 Å². The van der Waals surface area contributed by atoms with Crippen molar-refractivity contribution in [1.82, 2.24) is 4.90 Å². The van der Waals surface area contributed by atoms with Gasteiger partial charge in [-0.1, -0.05) is 18.2 Å². The van der Waals surface area contributed by atoms with Gasteiger partial charge in [0.05, 0.1) is 6.54 Å². The standard InChI is InChI=1S/C12H16N2O2/c15-9-10-6-14(7-10)8-12(16)13-11-4-2-1-3-5-11/h1-5,10,15H,6-9H2,(H,13,16). The Labute approximate surface area is 94.9 Å². The number of aliphatic hydroxyl groups excluding tert-OH is 1. The fourth-order valence-corrected chi connectivity index (χ4v) is 1.85. The number of nitrogens with one attached hydrogen (secondary N) is 1. The summed E-state index contributed by atoms with van der Waals surface area (Å²) >= 11 is 0. The van der Waals surface area contributed by atoms with Crippen molar-refractivity contribution in [3.8, 4) is 0 Å². The Morgan fingerprint density at radius 3 is 2.69 bits per heavy atom. The summed E-state index contributed by atoms with van der Waals surface area (Å²) < 4.78 is 0. The molecule has 86 valence electrons. The first-order chi connectivity index (χ1) is 7.78. The van der Waals surface area contributed by atoms with Crippen molar-refractivity contribution in [3.05, 3.63) is 30.3 Å². The van der Waals surface area contributed by atoms with Crippen molar-refractivity contribution in [2.75, 3.05) is 31.6 Å². The Hall–Kier alpha value is -1.39. The molecule has 4 nitrogen and oxygen atoms in total. The molecule has 1 heterocycles. The SMILES string of the molecule is O=C(CN1CC(CO)C1)Nc1ccccc1. The van der Waals surface area contributed by atoms with Gasteiger partial charge in [0.2, 0.25) is 5.91 Å². The molecule has 1 aromatic carbocycles. The second-order valence-electron chi connectivity index (χ2n) is 4.16. The van der Waals surface area contributed by atoms with Crippen LogP contribution in [0, 0.1) is 5.92 Å². The zero-order valence-corrected chi connectivity index (χ0v) is 9.10. The van der Waals surface area contributed by atoms with E-state index in [1.807, 2.05) is 35.2 Å². The number of likely N-dealkylation sites (tertiary alicyclic amines) is 1. The van der Waals surface area contributed by atoms with Gasteiger partial charge < -0.3 is 10.4 Å². The van der Waals surface area contributed by atoms with Gasteiger partial charge in [-0.25, -0.2) is 0 Å². The molecule has 1 aromatic rings. The summed E-state index contributed by atoms with van der Waals surface area (Å²) in [7, 11) is 0. The van der Waals surface area contributed by atoms with Crippen LogP contribution in [0.2, 0.25) is 0 Å². The monoisotopic (exact) mass is 220 g/mol. The maximum absolute atomic E-state index is 11.6. The Bertz CT molecular complexity index is 347. The lowest BCUT2D eigenvalue weighted by Crippen LogP contribution is -2.51. The van der Waals surface area contributed by atoms with Gasteiger partial charge in [0.1, 0.15) is 0 Å². The highest BCUT2D eigenvalue weighted by Crippen LogP contribution is 2.14. The highest BCUT2D eigenvalue weighted by molar-refractivity contribution is 5.92. The minimum absolute atomic E-state index is 0.00240. The molecule has 2 N–H and O–H groups in total. The third kappa shape index (κ3) is 2.81. The number of nitrogens with zero attached hydrogens (tertiary/aromatic N) is 1. The molecule has 1 fully saturated rings. The van der Waals surface area contributed by atoms with Crippen molar-refractivity contribution in [2.45, 2.75) is 0 Å². The molecule has 1 aliphatic heterocycles. The van der Waals surface area contributed by atoms with E-state index in [1.165, 1.54) is 0 Å². The zero-order valence-electron chi connectivity index (χ0n) is 9.10. The number of hydrogen-bond acceptors (Lipinski definition) is 3. The van der Waals surface area contributed by atoms with Gasteiger partial charge in [0.25, 0.3) is 0 Å². The van der Waals surface area contributed by atoms with E-state index in [2.05, 4.69) is 5.32 Å². The van der Waals surface area contributed by atoms with E-state index in [0.717, 1.165) is 18.8 Å². The fraction of sp³-hybridized carbons (Fsp3) is 0.417. The number of carbonyl (C=O) groups excluding carboxylic acids is 1. The number of benzene rings is 1. The van der Waals surface area contributed by atoms with E-state index < -0.39 is 0 Å². The number of carbonyl (C=O) groups is 1. The number of anilines is 1. The van der Waals surface area contributed by atoms with Crippen LogP contribution >= 0.6 is 0 Å². The maximum atomic E-state index is 11.6. The molecule has 1 aliphatic rings. The van der Waals surface area contributed by atoms with Crippen LogP contribution in [0.1, 0.15) is 0 Å². The normalized spacial score (nSPS) is 16.8. The minimum atomic E-state index is 0.00240. The lowest BCUT2D eigenvalue weighted by atomic mass is 10.0. The van der Waals surface area contributed by atoms with Crippen LogP contribution in [-0.4, -0.2) is 42.2 Å². The van der Waals surface area contributed by atoms with Gasteiger partial charge in [-0.15, -0.1) is 0 Å². The van der Waals surface area contributed by atoms with Crippen LogP contribution < -0.4 is 5.32 Å². The zero-order chi connectivity index (χ0) is 11.4. The summed E-state index contributed by atoms with van der Waals surface area (Å²) in [6.07, 6.45) is 0. The Morgan fingerprint density at radius 2 is 2.06 bits per heavy atom. The second kappa shape index (κ2) is 5.09. The first-order valence-electron chi connectivity index (χ1n) is 5.46. The van der Waals surface area contributed by atoms with E-state index >= 15 is 0 Å². The predicted octanol–water partition coefficient (Wildman–Crippen LogP) is 0.549. The van der Waals surface area contributed by atoms with Crippen LogP contribution in [0.5, 0.6) is 0 Å². The van der Waals surface area contributed by atoms with Crippen molar-refractivity contribution < 1.29 is 9.90 Å². The second-order valence-corrected chi connectivity index (χ2v) is 4.16. The Morgan fingerprint density at radius 1 is 1.38 bits per heavy atom. The largest absolute Gasteiger partial charge is 0.396 e. The molecular formula is C12H16N2O2. The number of para-hydroxylation sites is 1. The molecule has 0 aromatic heterocycles. The van der Waals surface area contributed by atoms with E-state index in [1.54, 1.807) is 0 Å². The predicted molar refractivity (Wildman–Crippen MR) is 62.1 cm³/mol. The van der Waals surface area contributed by atoms with Gasteiger partial charge in [0, 0.05) is 31.3 Å². The number of rotatable bonds is 4. The van der Waals surface area contributed by atoms with Gasteiger partial charge in [-0.2, -0.15) is 0 Å². The van der Waals surface area contributed by atoms with Crippen LogP contribution in [0.25, 0.3) is 0 Å². The van der Waals surface area contributed by atoms with E-state index in [9.17, 15) is 4.79 Å². The molecule has 0 spiro atoms. The maximum Gasteiger partial charge on any atom is 0.238 e. The lowest BCUT2D eigenvalue weighted by Gasteiger charge is -2.37. The fourth-order valence-electron chi connectivity index (χ4n) is 1.85. The van der Waals surface area contributed by atoms with E-state index in [-0.39, 0.29) is 12.5 Å². The van der Waals surface area contributed by atoms with Crippen molar-refractivity contribution >= 4 is 11.6 Å². The van der Waals surface area contributed by atoms with Crippen LogP contribution in [0.3, 0.4) is 0 Å². The molecule has 1 amide bonds. The van der Waals surface area contributed by atoms with Gasteiger partial charge >= 0.3 is 0 Å². The molecule has 0 radical (unpaired) electrons. The molecule has 16 heavy (non-hydrogen) atoms. The molecule has 2 rings (SSSR count). The number of hydrogen-bond donors (Lipinski definition) is 2. The van der Waals surface area contributed by atoms with Crippen molar-refractivity contribution in [3.63, 3.8) is 0 Å². The summed E-state index contributed by atoms with van der Waals surface area (Å²) in [5.74, 6) is 0.354. The Balaban J connectivity index is 1.74. The van der Waals surface area contributed by atoms with Gasteiger partial charge in [-0.05, 0) is 12.1 Å². The average molecular weight is 220 g/mol. The van der Waals surface area contributed by atoms with Crippen molar-refractivity contribution in [2.24, 2.45) is 5.92 Å². The molecule has 0 unspecified atom stereocenters. The summed E-state index contributed by atoms with van der Waals surface area (Å²) in [6, 6.07) is 9.42. The van der Waals surface area contributed by atoms with Crippen LogP contribution in [0.15, 0.2) is 30.3 Å². The molecule has 0 atom stereocenters. The minimum Gasteiger partial charge on any atom is -0.396 e. The molecule has 4 heteroatoms. The molecule has 0 aliphatic carbocycles. The van der Waals surface area contributed by atoms with E-state index in [0.29, 0.717) is 12.5 Å². The van der Waals surface area contributed by atoms with Gasteiger partial charge in [0.15, 0.2) is 0 Å². The molecular weight excluding hydrogens is 204 g/mol. The highest BCUT2D eigenvalue weighted by atomic mass is 16.3. The average Bonchev–Trinajstić information content (AvgIpc) is 2.24. The molecule has 1 saturated heterocycles. The summed E-state index contributed by atoms with van der Waals surface area (Å²) in [5, 5.41) is 11.7. The third-order valence-electron chi connectivity index (χ3n) is 2.72. The topological polar surface area (TPSA) is 52.6 Å². The van der Waals surface area contributed by atoms with Gasteiger partial charge in [-0.3, -0.25) is 9.69 Å².